The van der Waals surface area contributed by atoms with Crippen molar-refractivity contribution in [3.05, 3.63) is 29.6 Å². The van der Waals surface area contributed by atoms with Crippen LogP contribution in [0.3, 0.4) is 0 Å². The van der Waals surface area contributed by atoms with E-state index in [-0.39, 0.29) is 6.10 Å². The summed E-state index contributed by atoms with van der Waals surface area (Å²) in [6.07, 6.45) is 3.44. The van der Waals surface area contributed by atoms with Crippen molar-refractivity contribution in [2.75, 3.05) is 13.1 Å². The van der Waals surface area contributed by atoms with Crippen LogP contribution < -0.4 is 5.32 Å². The third-order valence-electron chi connectivity index (χ3n) is 2.90. The van der Waals surface area contributed by atoms with Crippen molar-refractivity contribution >= 4 is 0 Å². The highest BCUT2D eigenvalue weighted by Crippen LogP contribution is 2.22. The fraction of sp³-hybridized carbons (Fsp3) is 0.583. The number of hydrogen-bond donors (Lipinski definition) is 1. The molecule has 1 aromatic heterocycles. The van der Waals surface area contributed by atoms with Gasteiger partial charge in [-0.15, -0.1) is 0 Å². The Balaban J connectivity index is 2.00. The van der Waals surface area contributed by atoms with Crippen LogP contribution >= 0.6 is 0 Å². The van der Waals surface area contributed by atoms with Crippen LogP contribution in [0.2, 0.25) is 0 Å². The lowest BCUT2D eigenvalue weighted by Crippen LogP contribution is -2.19. The fourth-order valence-electron chi connectivity index (χ4n) is 2.03. The minimum atomic E-state index is 0.142. The van der Waals surface area contributed by atoms with Crippen molar-refractivity contribution in [1.82, 2.24) is 10.3 Å². The molecule has 1 aromatic rings. The average molecular weight is 206 g/mol. The van der Waals surface area contributed by atoms with Gasteiger partial charge in [-0.2, -0.15) is 0 Å². The lowest BCUT2D eigenvalue weighted by Gasteiger charge is -2.19. The van der Waals surface area contributed by atoms with Gasteiger partial charge in [-0.3, -0.25) is 4.98 Å². The Hall–Kier alpha value is -0.930. The first-order valence-corrected chi connectivity index (χ1v) is 5.55. The molecule has 2 heterocycles. The summed E-state index contributed by atoms with van der Waals surface area (Å²) >= 11 is 0. The number of aryl methyl sites for hydroxylation is 1. The largest absolute Gasteiger partial charge is 0.369 e. The van der Waals surface area contributed by atoms with Crippen molar-refractivity contribution in [1.29, 1.82) is 0 Å². The Kier molecular flexibility index (Phi) is 3.34. The zero-order valence-electron chi connectivity index (χ0n) is 9.36. The van der Waals surface area contributed by atoms with Crippen LogP contribution in [0.15, 0.2) is 18.3 Å². The molecule has 1 fully saturated rings. The van der Waals surface area contributed by atoms with Gasteiger partial charge in [0.2, 0.25) is 0 Å². The van der Waals surface area contributed by atoms with E-state index in [1.54, 1.807) is 0 Å². The number of aromatic nitrogens is 1. The van der Waals surface area contributed by atoms with Crippen molar-refractivity contribution in [2.45, 2.75) is 32.5 Å². The van der Waals surface area contributed by atoms with Gasteiger partial charge in [-0.25, -0.2) is 0 Å². The summed E-state index contributed by atoms with van der Waals surface area (Å²) in [6.45, 7) is 6.18. The van der Waals surface area contributed by atoms with Gasteiger partial charge >= 0.3 is 0 Å². The fourth-order valence-corrected chi connectivity index (χ4v) is 2.03. The van der Waals surface area contributed by atoms with E-state index in [0.717, 1.165) is 25.2 Å². The van der Waals surface area contributed by atoms with E-state index in [0.29, 0.717) is 6.10 Å². The van der Waals surface area contributed by atoms with Gasteiger partial charge in [-0.1, -0.05) is 6.07 Å². The van der Waals surface area contributed by atoms with Crippen molar-refractivity contribution < 1.29 is 4.74 Å². The van der Waals surface area contributed by atoms with Gasteiger partial charge in [0.15, 0.2) is 0 Å². The smallest absolute Gasteiger partial charge is 0.0818 e. The Labute approximate surface area is 90.9 Å². The average Bonchev–Trinajstić information content (AvgIpc) is 2.71. The molecular formula is C12H18N2O. The van der Waals surface area contributed by atoms with Crippen molar-refractivity contribution in [3.63, 3.8) is 0 Å². The number of nitrogens with one attached hydrogen (secondary N) is 1. The lowest BCUT2D eigenvalue weighted by atomic mass is 10.1. The van der Waals surface area contributed by atoms with E-state index >= 15 is 0 Å². The molecule has 3 heteroatoms. The van der Waals surface area contributed by atoms with E-state index in [9.17, 15) is 0 Å². The third kappa shape index (κ3) is 2.55. The maximum atomic E-state index is 5.98. The summed E-state index contributed by atoms with van der Waals surface area (Å²) < 4.78 is 5.98. The molecule has 0 spiro atoms. The van der Waals surface area contributed by atoms with Gasteiger partial charge in [-0.05, 0) is 32.9 Å². The molecule has 2 rings (SSSR count). The van der Waals surface area contributed by atoms with Crippen LogP contribution in [0, 0.1) is 6.92 Å². The summed E-state index contributed by atoms with van der Waals surface area (Å²) in [5.41, 5.74) is 2.26. The minimum Gasteiger partial charge on any atom is -0.369 e. The Morgan fingerprint density at radius 3 is 3.13 bits per heavy atom. The summed E-state index contributed by atoms with van der Waals surface area (Å²) in [5.74, 6) is 0. The first kappa shape index (κ1) is 10.6. The molecule has 0 unspecified atom stereocenters. The predicted octanol–water partition coefficient (Wildman–Crippen LogP) is 1.83. The highest BCUT2D eigenvalue weighted by molar-refractivity contribution is 5.20. The highest BCUT2D eigenvalue weighted by atomic mass is 16.5. The second kappa shape index (κ2) is 4.73. The van der Waals surface area contributed by atoms with E-state index in [4.69, 9.17) is 4.74 Å². The molecule has 1 N–H and O–H groups in total. The number of pyridine rings is 1. The van der Waals surface area contributed by atoms with Gasteiger partial charge in [0.1, 0.15) is 0 Å². The monoisotopic (exact) mass is 206 g/mol. The van der Waals surface area contributed by atoms with Crippen LogP contribution in [-0.2, 0) is 4.74 Å². The first-order chi connectivity index (χ1) is 7.27. The highest BCUT2D eigenvalue weighted by Gasteiger charge is 2.19. The maximum Gasteiger partial charge on any atom is 0.0818 e. The summed E-state index contributed by atoms with van der Waals surface area (Å²) in [5, 5.41) is 3.30. The van der Waals surface area contributed by atoms with Crippen molar-refractivity contribution in [3.8, 4) is 0 Å². The van der Waals surface area contributed by atoms with Crippen LogP contribution in [0.25, 0.3) is 0 Å². The van der Waals surface area contributed by atoms with Gasteiger partial charge in [0.05, 0.1) is 12.2 Å². The number of hydrogen-bond acceptors (Lipinski definition) is 3. The third-order valence-corrected chi connectivity index (χ3v) is 2.90. The molecule has 0 saturated carbocycles. The number of nitrogens with zero attached hydrogens (tertiary/aromatic N) is 1. The van der Waals surface area contributed by atoms with Gasteiger partial charge in [0, 0.05) is 24.0 Å². The van der Waals surface area contributed by atoms with Gasteiger partial charge < -0.3 is 10.1 Å². The SMILES string of the molecule is Cc1ncccc1[C@@H](C)O[C@@H]1CCNC1. The van der Waals surface area contributed by atoms with Crippen LogP contribution in [0.5, 0.6) is 0 Å². The molecule has 1 aliphatic heterocycles. The predicted molar refractivity (Wildman–Crippen MR) is 59.7 cm³/mol. The maximum absolute atomic E-state index is 5.98. The van der Waals surface area contributed by atoms with Crippen molar-refractivity contribution in [2.24, 2.45) is 0 Å². The molecule has 82 valence electrons. The molecule has 0 radical (unpaired) electrons. The zero-order chi connectivity index (χ0) is 10.7. The second-order valence-corrected chi connectivity index (χ2v) is 4.07. The second-order valence-electron chi connectivity index (χ2n) is 4.07. The molecule has 0 amide bonds. The Bertz CT molecular complexity index is 321. The quantitative estimate of drug-likeness (QED) is 0.819. The molecule has 15 heavy (non-hydrogen) atoms. The van der Waals surface area contributed by atoms with E-state index in [1.807, 2.05) is 19.2 Å². The molecule has 2 atom stereocenters. The van der Waals surface area contributed by atoms with E-state index in [1.165, 1.54) is 5.56 Å². The molecule has 1 aliphatic rings. The first-order valence-electron chi connectivity index (χ1n) is 5.55. The number of rotatable bonds is 3. The number of ether oxygens (including phenoxy) is 1. The standard InChI is InChI=1S/C12H18N2O/c1-9-12(4-3-6-14-9)10(2)15-11-5-7-13-8-11/h3-4,6,10-11,13H,5,7-8H2,1-2H3/t10-,11-/m1/s1. The Morgan fingerprint density at radius 1 is 1.60 bits per heavy atom. The molecule has 0 aromatic carbocycles. The molecule has 1 saturated heterocycles. The van der Waals surface area contributed by atoms with Gasteiger partial charge in [0.25, 0.3) is 0 Å². The summed E-state index contributed by atoms with van der Waals surface area (Å²) in [4.78, 5) is 4.28. The summed E-state index contributed by atoms with van der Waals surface area (Å²) in [6, 6.07) is 4.06. The topological polar surface area (TPSA) is 34.1 Å². The Morgan fingerprint density at radius 2 is 2.47 bits per heavy atom. The normalized spacial score (nSPS) is 22.9. The molecule has 3 nitrogen and oxygen atoms in total. The van der Waals surface area contributed by atoms with E-state index < -0.39 is 0 Å². The van der Waals surface area contributed by atoms with Crippen LogP contribution in [-0.4, -0.2) is 24.2 Å². The molecule has 0 bridgehead atoms. The molecular weight excluding hydrogens is 188 g/mol. The van der Waals surface area contributed by atoms with Crippen LogP contribution in [0.1, 0.15) is 30.7 Å². The minimum absolute atomic E-state index is 0.142. The van der Waals surface area contributed by atoms with Crippen LogP contribution in [0.4, 0.5) is 0 Å². The molecule has 0 aliphatic carbocycles. The van der Waals surface area contributed by atoms with E-state index in [2.05, 4.69) is 23.3 Å². The lowest BCUT2D eigenvalue weighted by molar-refractivity contribution is 0.00778. The zero-order valence-corrected chi connectivity index (χ0v) is 9.36. The summed E-state index contributed by atoms with van der Waals surface area (Å²) in [7, 11) is 0.